The Morgan fingerprint density at radius 3 is 2.46 bits per heavy atom. The maximum atomic E-state index is 12.2. The molecule has 0 aromatic heterocycles. The Labute approximate surface area is 146 Å². The fraction of sp³-hybridized carbons (Fsp3) is 0.118. The summed E-state index contributed by atoms with van der Waals surface area (Å²) in [5.74, 6) is -0.307. The van der Waals surface area contributed by atoms with Gasteiger partial charge in [-0.3, -0.25) is 9.10 Å². The molecule has 1 amide bonds. The van der Waals surface area contributed by atoms with Crippen molar-refractivity contribution in [2.75, 3.05) is 22.4 Å². The van der Waals surface area contributed by atoms with Crippen LogP contribution in [0.2, 0.25) is 5.02 Å². The number of carbonyl (C=O) groups excluding carboxylic acids is 1. The molecular formula is C17H17ClN2O3S. The van der Waals surface area contributed by atoms with Crippen LogP contribution < -0.4 is 9.62 Å². The molecule has 0 fully saturated rings. The highest BCUT2D eigenvalue weighted by Crippen LogP contribution is 2.20. The van der Waals surface area contributed by atoms with Gasteiger partial charge < -0.3 is 5.32 Å². The van der Waals surface area contributed by atoms with Gasteiger partial charge in [0.05, 0.1) is 18.5 Å². The molecule has 24 heavy (non-hydrogen) atoms. The summed E-state index contributed by atoms with van der Waals surface area (Å²) >= 11 is 5.88. The van der Waals surface area contributed by atoms with Crippen molar-refractivity contribution in [2.24, 2.45) is 0 Å². The van der Waals surface area contributed by atoms with Crippen LogP contribution in [0.3, 0.4) is 0 Å². The maximum absolute atomic E-state index is 12.2. The van der Waals surface area contributed by atoms with Crippen molar-refractivity contribution in [3.8, 4) is 0 Å². The van der Waals surface area contributed by atoms with Crippen LogP contribution in [0.15, 0.2) is 61.2 Å². The first-order valence-electron chi connectivity index (χ1n) is 7.07. The number of sulfonamides is 1. The lowest BCUT2D eigenvalue weighted by Crippen LogP contribution is -2.29. The van der Waals surface area contributed by atoms with Gasteiger partial charge in [0.25, 0.3) is 5.91 Å². The summed E-state index contributed by atoms with van der Waals surface area (Å²) in [4.78, 5) is 12.2. The molecule has 0 aliphatic carbocycles. The molecule has 0 spiro atoms. The number of benzene rings is 2. The summed E-state index contributed by atoms with van der Waals surface area (Å²) in [6.07, 6.45) is 2.62. The number of anilines is 2. The van der Waals surface area contributed by atoms with E-state index in [2.05, 4.69) is 11.9 Å². The molecule has 2 rings (SSSR count). The molecule has 0 saturated carbocycles. The fourth-order valence-electron chi connectivity index (χ4n) is 2.10. The Hall–Kier alpha value is -2.31. The minimum absolute atomic E-state index is 0.160. The van der Waals surface area contributed by atoms with Crippen LogP contribution in [0.1, 0.15) is 10.4 Å². The zero-order valence-corrected chi connectivity index (χ0v) is 14.6. The third-order valence-electron chi connectivity index (χ3n) is 3.20. The standard InChI is InChI=1S/C17H17ClN2O3S/c1-3-11-20(24(2,22)23)16-9-7-13(8-10-16)17(21)19-15-6-4-5-14(18)12-15/h3-10,12H,1,11H2,2H3,(H,19,21). The number of hydrogen-bond donors (Lipinski definition) is 1. The van der Waals surface area contributed by atoms with Crippen LogP contribution in [0.5, 0.6) is 0 Å². The van der Waals surface area contributed by atoms with Crippen LogP contribution in [-0.2, 0) is 10.0 Å². The van der Waals surface area contributed by atoms with Crippen molar-refractivity contribution in [3.05, 3.63) is 71.8 Å². The number of carbonyl (C=O) groups is 1. The molecule has 7 heteroatoms. The van der Waals surface area contributed by atoms with Gasteiger partial charge in [0.15, 0.2) is 0 Å². The van der Waals surface area contributed by atoms with E-state index in [0.717, 1.165) is 6.26 Å². The first-order chi connectivity index (χ1) is 11.3. The van der Waals surface area contributed by atoms with Gasteiger partial charge in [-0.05, 0) is 42.5 Å². The second-order valence-corrected chi connectivity index (χ2v) is 7.44. The third kappa shape index (κ3) is 4.59. The molecule has 0 aliphatic heterocycles. The molecule has 5 nitrogen and oxygen atoms in total. The Morgan fingerprint density at radius 1 is 1.25 bits per heavy atom. The van der Waals surface area contributed by atoms with Crippen molar-refractivity contribution in [2.45, 2.75) is 0 Å². The Morgan fingerprint density at radius 2 is 1.92 bits per heavy atom. The zero-order valence-electron chi connectivity index (χ0n) is 13.1. The first-order valence-corrected chi connectivity index (χ1v) is 9.29. The van der Waals surface area contributed by atoms with Gasteiger partial charge in [-0.2, -0.15) is 0 Å². The van der Waals surface area contributed by atoms with E-state index in [-0.39, 0.29) is 12.5 Å². The molecule has 2 aromatic carbocycles. The molecule has 0 saturated heterocycles. The van der Waals surface area contributed by atoms with Gasteiger partial charge in [-0.15, -0.1) is 6.58 Å². The van der Waals surface area contributed by atoms with Crippen molar-refractivity contribution >= 4 is 38.9 Å². The molecule has 0 heterocycles. The maximum Gasteiger partial charge on any atom is 0.255 e. The Bertz CT molecular complexity index is 848. The molecular weight excluding hydrogens is 348 g/mol. The SMILES string of the molecule is C=CCN(c1ccc(C(=O)Nc2cccc(Cl)c2)cc1)S(C)(=O)=O. The second kappa shape index (κ2) is 7.51. The van der Waals surface area contributed by atoms with E-state index >= 15 is 0 Å². The highest BCUT2D eigenvalue weighted by molar-refractivity contribution is 7.92. The molecule has 0 unspecified atom stereocenters. The van der Waals surface area contributed by atoms with E-state index in [4.69, 9.17) is 11.6 Å². The highest BCUT2D eigenvalue weighted by atomic mass is 35.5. The number of rotatable bonds is 6. The zero-order chi connectivity index (χ0) is 17.7. The lowest BCUT2D eigenvalue weighted by atomic mass is 10.2. The minimum Gasteiger partial charge on any atom is -0.322 e. The van der Waals surface area contributed by atoms with E-state index < -0.39 is 10.0 Å². The van der Waals surface area contributed by atoms with Gasteiger partial charge >= 0.3 is 0 Å². The van der Waals surface area contributed by atoms with E-state index in [9.17, 15) is 13.2 Å². The summed E-state index contributed by atoms with van der Waals surface area (Å²) < 4.78 is 24.8. The molecule has 0 bridgehead atoms. The topological polar surface area (TPSA) is 66.5 Å². The Kier molecular flexibility index (Phi) is 5.64. The van der Waals surface area contributed by atoms with Crippen molar-refractivity contribution in [1.82, 2.24) is 0 Å². The molecule has 2 aromatic rings. The molecule has 0 aliphatic rings. The summed E-state index contributed by atoms with van der Waals surface area (Å²) in [5.41, 5.74) is 1.46. The first kappa shape index (κ1) is 18.0. The largest absolute Gasteiger partial charge is 0.322 e. The van der Waals surface area contributed by atoms with Crippen LogP contribution in [0.25, 0.3) is 0 Å². The van der Waals surface area contributed by atoms with E-state index in [1.54, 1.807) is 48.5 Å². The lowest BCUT2D eigenvalue weighted by Gasteiger charge is -2.20. The van der Waals surface area contributed by atoms with Crippen molar-refractivity contribution in [3.63, 3.8) is 0 Å². The monoisotopic (exact) mass is 364 g/mol. The van der Waals surface area contributed by atoms with E-state index in [0.29, 0.717) is 22.0 Å². The van der Waals surface area contributed by atoms with Gasteiger partial charge in [0, 0.05) is 16.3 Å². The number of nitrogens with zero attached hydrogens (tertiary/aromatic N) is 1. The minimum atomic E-state index is -3.42. The van der Waals surface area contributed by atoms with E-state index in [1.165, 1.54) is 10.4 Å². The molecule has 0 radical (unpaired) electrons. The third-order valence-corrected chi connectivity index (χ3v) is 4.59. The van der Waals surface area contributed by atoms with Crippen LogP contribution in [-0.4, -0.2) is 27.1 Å². The van der Waals surface area contributed by atoms with Gasteiger partial charge in [-0.25, -0.2) is 8.42 Å². The quantitative estimate of drug-likeness (QED) is 0.797. The number of halogens is 1. The fourth-order valence-corrected chi connectivity index (χ4v) is 3.17. The number of amides is 1. The van der Waals surface area contributed by atoms with Gasteiger partial charge in [-0.1, -0.05) is 23.7 Å². The van der Waals surface area contributed by atoms with Crippen molar-refractivity contribution < 1.29 is 13.2 Å². The smallest absolute Gasteiger partial charge is 0.255 e. The van der Waals surface area contributed by atoms with Gasteiger partial charge in [0.2, 0.25) is 10.0 Å². The predicted molar refractivity (Wildman–Crippen MR) is 98.2 cm³/mol. The summed E-state index contributed by atoms with van der Waals surface area (Å²) in [6, 6.07) is 13.1. The summed E-state index contributed by atoms with van der Waals surface area (Å²) in [5, 5.41) is 3.26. The highest BCUT2D eigenvalue weighted by Gasteiger charge is 2.16. The summed E-state index contributed by atoms with van der Waals surface area (Å²) in [7, 11) is -3.42. The average molecular weight is 365 g/mol. The second-order valence-electron chi connectivity index (χ2n) is 5.09. The van der Waals surface area contributed by atoms with Crippen LogP contribution >= 0.6 is 11.6 Å². The lowest BCUT2D eigenvalue weighted by molar-refractivity contribution is 0.102. The predicted octanol–water partition coefficient (Wildman–Crippen LogP) is 3.54. The van der Waals surface area contributed by atoms with Crippen molar-refractivity contribution in [1.29, 1.82) is 0 Å². The number of hydrogen-bond acceptors (Lipinski definition) is 3. The summed E-state index contributed by atoms with van der Waals surface area (Å²) in [6.45, 7) is 3.72. The Balaban J connectivity index is 2.19. The van der Waals surface area contributed by atoms with Crippen LogP contribution in [0, 0.1) is 0 Å². The molecule has 126 valence electrons. The van der Waals surface area contributed by atoms with Crippen LogP contribution in [0.4, 0.5) is 11.4 Å². The molecule has 1 N–H and O–H groups in total. The van der Waals surface area contributed by atoms with E-state index in [1.807, 2.05) is 0 Å². The molecule has 0 atom stereocenters. The normalized spacial score (nSPS) is 10.9. The number of nitrogens with one attached hydrogen (secondary N) is 1. The average Bonchev–Trinajstić information content (AvgIpc) is 2.52. The van der Waals surface area contributed by atoms with Gasteiger partial charge in [0.1, 0.15) is 0 Å².